The second-order valence-electron chi connectivity index (χ2n) is 13.0. The summed E-state index contributed by atoms with van der Waals surface area (Å²) in [6, 6.07) is 50.0. The van der Waals surface area contributed by atoms with Crippen molar-refractivity contribution in [2.45, 2.75) is 30.2 Å². The fourth-order valence-corrected chi connectivity index (χ4v) is 12.5. The third-order valence-corrected chi connectivity index (χ3v) is 14.1. The molecule has 5 heteroatoms. The van der Waals surface area contributed by atoms with Gasteiger partial charge in [-0.3, -0.25) is 4.57 Å². The normalized spacial score (nSPS) is 27.0. The number of rotatable bonds is 7. The van der Waals surface area contributed by atoms with E-state index in [0.29, 0.717) is 11.5 Å². The van der Waals surface area contributed by atoms with Gasteiger partial charge in [0.05, 0.1) is 12.7 Å². The Labute approximate surface area is 265 Å². The molecule has 1 aliphatic heterocycles. The number of hydrogen-bond acceptors (Lipinski definition) is 3. The topological polar surface area (TPSA) is 46.6 Å². The van der Waals surface area contributed by atoms with E-state index < -0.39 is 7.29 Å². The van der Waals surface area contributed by atoms with Gasteiger partial charge in [0.25, 0.3) is 0 Å². The summed E-state index contributed by atoms with van der Waals surface area (Å²) in [5.74, 6) is 0.231. The van der Waals surface area contributed by atoms with Crippen molar-refractivity contribution in [3.05, 3.63) is 168 Å². The molecular formula is C40H36NO3P. The highest BCUT2D eigenvalue weighted by Gasteiger charge is 2.78. The molecule has 3 atom stereocenters. The van der Waals surface area contributed by atoms with Crippen molar-refractivity contribution in [3.8, 4) is 0 Å². The average Bonchev–Trinajstić information content (AvgIpc) is 3.69. The molecule has 4 fully saturated rings. The molecule has 5 aromatic carbocycles. The number of esters is 1. The van der Waals surface area contributed by atoms with Gasteiger partial charge in [0.1, 0.15) is 0 Å². The molecule has 4 aliphatic rings. The lowest BCUT2D eigenvalue weighted by Gasteiger charge is -2.54. The summed E-state index contributed by atoms with van der Waals surface area (Å²) in [7, 11) is -1.79. The van der Waals surface area contributed by atoms with Crippen LogP contribution >= 0.6 is 7.29 Å². The highest BCUT2D eigenvalue weighted by molar-refractivity contribution is 7.76. The molecule has 0 aromatic heterocycles. The Morgan fingerprint density at radius 2 is 1.18 bits per heavy atom. The first kappa shape index (κ1) is 28.2. The molecule has 45 heavy (non-hydrogen) atoms. The molecule has 1 spiro atoms. The second kappa shape index (κ2) is 10.7. The highest BCUT2D eigenvalue weighted by atomic mass is 31.2. The predicted octanol–water partition coefficient (Wildman–Crippen LogP) is 7.89. The smallest absolute Gasteiger partial charge is 0.337 e. The zero-order valence-corrected chi connectivity index (χ0v) is 26.2. The Morgan fingerprint density at radius 3 is 1.69 bits per heavy atom. The Balaban J connectivity index is 1.31. The molecule has 0 amide bonds. The molecule has 0 radical (unpaired) electrons. The maximum Gasteiger partial charge on any atom is 0.337 e. The summed E-state index contributed by atoms with van der Waals surface area (Å²) in [6.45, 7) is 0.738. The Bertz CT molecular complexity index is 1830. The molecule has 5 aromatic rings. The summed E-state index contributed by atoms with van der Waals surface area (Å²) in [6.07, 6.45) is 2.00. The molecule has 3 aliphatic carbocycles. The van der Waals surface area contributed by atoms with Crippen LogP contribution in [0.15, 0.2) is 146 Å². The number of nitrogens with zero attached hydrogens (tertiary/aromatic N) is 1. The molecule has 224 valence electrons. The summed E-state index contributed by atoms with van der Waals surface area (Å²) in [4.78, 5) is 12.3. The van der Waals surface area contributed by atoms with E-state index in [1.54, 1.807) is 0 Å². The van der Waals surface area contributed by atoms with E-state index in [9.17, 15) is 4.79 Å². The number of carbonyl (C=O) groups excluding carboxylic acids is 1. The summed E-state index contributed by atoms with van der Waals surface area (Å²) in [5, 5.41) is 1.77. The largest absolute Gasteiger partial charge is 0.465 e. The van der Waals surface area contributed by atoms with Gasteiger partial charge in [0.15, 0.2) is 0 Å². The van der Waals surface area contributed by atoms with Crippen molar-refractivity contribution in [2.75, 3.05) is 13.7 Å². The van der Waals surface area contributed by atoms with Gasteiger partial charge >= 0.3 is 5.97 Å². The molecule has 2 bridgehead atoms. The van der Waals surface area contributed by atoms with Crippen LogP contribution in [0.3, 0.4) is 0 Å². The van der Waals surface area contributed by atoms with Gasteiger partial charge in [-0.25, -0.2) is 9.46 Å². The first-order valence-electron chi connectivity index (χ1n) is 15.8. The first-order valence-corrected chi connectivity index (χ1v) is 17.4. The molecule has 3 saturated carbocycles. The number of hydrogen-bond donors (Lipinski definition) is 0. The van der Waals surface area contributed by atoms with Gasteiger partial charge in [0, 0.05) is 28.6 Å². The van der Waals surface area contributed by atoms with E-state index in [4.69, 9.17) is 4.74 Å². The lowest BCUT2D eigenvalue weighted by atomic mass is 9.53. The van der Waals surface area contributed by atoms with Crippen molar-refractivity contribution in [1.82, 2.24) is 4.67 Å². The van der Waals surface area contributed by atoms with Crippen LogP contribution in [0, 0.1) is 11.3 Å². The van der Waals surface area contributed by atoms with Gasteiger partial charge in [-0.1, -0.05) is 109 Å². The number of carbonyl (C=O) groups is 1. The standard InChI is InChI=1S/C40H36NO3P/c1-44-38(42)31-22-24-32(25-23-31)39-27-40(28-39)35(36(39)29-14-6-2-7-15-29)26-41(37(40)30-16-8-3-9-17-30)45(43,33-18-10-4-11-19-33)34-20-12-5-13-21-34/h2-25,35-37H,26-28H2,1H3/t35-,36-,37-,39?,40?/m1/s1. The number of methoxy groups -OCH3 is 1. The van der Waals surface area contributed by atoms with Gasteiger partial charge in [-0.2, -0.15) is 0 Å². The Kier molecular flexibility index (Phi) is 6.71. The minimum absolute atomic E-state index is 0.00822. The van der Waals surface area contributed by atoms with Gasteiger partial charge in [0.2, 0.25) is 7.29 Å². The number of ether oxygens (including phenoxy) is 1. The molecule has 1 heterocycles. The lowest BCUT2D eigenvalue weighted by molar-refractivity contribution is 0.0525. The molecule has 1 saturated heterocycles. The van der Waals surface area contributed by atoms with Crippen molar-refractivity contribution in [2.24, 2.45) is 11.3 Å². The van der Waals surface area contributed by atoms with E-state index in [1.165, 1.54) is 23.8 Å². The van der Waals surface area contributed by atoms with Crippen molar-refractivity contribution >= 4 is 23.9 Å². The molecule has 0 N–H and O–H groups in total. The Morgan fingerprint density at radius 1 is 0.689 bits per heavy atom. The van der Waals surface area contributed by atoms with E-state index in [-0.39, 0.29) is 28.8 Å². The van der Waals surface area contributed by atoms with E-state index in [1.807, 2.05) is 72.8 Å². The van der Waals surface area contributed by atoms with Crippen molar-refractivity contribution < 1.29 is 14.1 Å². The first-order chi connectivity index (χ1) is 22.0. The summed E-state index contributed by atoms with van der Waals surface area (Å²) >= 11 is 0. The van der Waals surface area contributed by atoms with Crippen LogP contribution in [0.1, 0.15) is 51.8 Å². The minimum Gasteiger partial charge on any atom is -0.465 e. The molecule has 0 unspecified atom stereocenters. The van der Waals surface area contributed by atoms with Crippen LogP contribution < -0.4 is 10.6 Å². The van der Waals surface area contributed by atoms with E-state index in [2.05, 4.69) is 77.5 Å². The SMILES string of the molecule is COC(=O)c1ccc(C23CC4(C2)[C@H](CN(P(=O)(c2ccccc2)c2ccccc2)[C@@H]4c2ccccc2)[C@H]3c2ccccc2)cc1. The third kappa shape index (κ3) is 4.09. The quantitative estimate of drug-likeness (QED) is 0.139. The van der Waals surface area contributed by atoms with E-state index in [0.717, 1.165) is 30.0 Å². The van der Waals surface area contributed by atoms with Crippen molar-refractivity contribution in [3.63, 3.8) is 0 Å². The van der Waals surface area contributed by atoms with Crippen LogP contribution in [0.2, 0.25) is 0 Å². The fraction of sp³-hybridized carbons (Fsp3) is 0.225. The lowest BCUT2D eigenvalue weighted by Crippen LogP contribution is -2.48. The van der Waals surface area contributed by atoms with E-state index >= 15 is 4.57 Å². The summed E-state index contributed by atoms with van der Waals surface area (Å²) < 4.78 is 23.4. The van der Waals surface area contributed by atoms with Crippen LogP contribution in [0.5, 0.6) is 0 Å². The number of benzene rings is 5. The maximum atomic E-state index is 16.0. The van der Waals surface area contributed by atoms with Crippen LogP contribution in [0.25, 0.3) is 0 Å². The Hall–Kier alpha value is -4.24. The van der Waals surface area contributed by atoms with Crippen LogP contribution in [-0.2, 0) is 14.7 Å². The predicted molar refractivity (Wildman–Crippen MR) is 179 cm³/mol. The molecule has 4 nitrogen and oxygen atoms in total. The molecule has 9 rings (SSSR count). The third-order valence-electron chi connectivity index (χ3n) is 11.0. The van der Waals surface area contributed by atoms with Crippen LogP contribution in [-0.4, -0.2) is 24.3 Å². The molecular weight excluding hydrogens is 573 g/mol. The zero-order chi connectivity index (χ0) is 30.6. The fourth-order valence-electron chi connectivity index (χ4n) is 9.38. The van der Waals surface area contributed by atoms with Gasteiger partial charge < -0.3 is 4.74 Å². The average molecular weight is 610 g/mol. The second-order valence-corrected chi connectivity index (χ2v) is 15.7. The van der Waals surface area contributed by atoms with Crippen molar-refractivity contribution in [1.29, 1.82) is 0 Å². The van der Waals surface area contributed by atoms with Gasteiger partial charge in [-0.05, 0) is 83.2 Å². The highest BCUT2D eigenvalue weighted by Crippen LogP contribution is 2.84. The maximum absolute atomic E-state index is 16.0. The summed E-state index contributed by atoms with van der Waals surface area (Å²) in [5.41, 5.74) is 4.29. The minimum atomic E-state index is -3.22. The van der Waals surface area contributed by atoms with Gasteiger partial charge in [-0.15, -0.1) is 0 Å². The monoisotopic (exact) mass is 609 g/mol. The zero-order valence-electron chi connectivity index (χ0n) is 25.3. The van der Waals surface area contributed by atoms with Crippen LogP contribution in [0.4, 0.5) is 0 Å².